The van der Waals surface area contributed by atoms with E-state index in [1.54, 1.807) is 0 Å². The summed E-state index contributed by atoms with van der Waals surface area (Å²) in [7, 11) is 0. The van der Waals surface area contributed by atoms with Crippen LogP contribution in [0.5, 0.6) is 0 Å². The standard InChI is InChI=1S/C19H28ClNO2/c1-13-7-8-15(11-17(13)20)19(2,3)12-21-18(23)10-14-5-4-6-16(22)9-14/h7-8,11,14,16,22H,4-6,9-10,12H2,1-3H3,(H,21,23). The number of nitrogens with one attached hydrogen (secondary N) is 1. The third-order valence-electron chi connectivity index (χ3n) is 4.91. The third-order valence-corrected chi connectivity index (χ3v) is 5.32. The highest BCUT2D eigenvalue weighted by Crippen LogP contribution is 2.28. The molecule has 0 heterocycles. The minimum absolute atomic E-state index is 0.0791. The lowest BCUT2D eigenvalue weighted by molar-refractivity contribution is -0.122. The van der Waals surface area contributed by atoms with Crippen LogP contribution in [0.2, 0.25) is 5.02 Å². The van der Waals surface area contributed by atoms with Crippen LogP contribution < -0.4 is 5.32 Å². The van der Waals surface area contributed by atoms with Crippen molar-refractivity contribution in [2.75, 3.05) is 6.54 Å². The number of halogens is 1. The lowest BCUT2D eigenvalue weighted by Crippen LogP contribution is -2.38. The Balaban J connectivity index is 1.87. The summed E-state index contributed by atoms with van der Waals surface area (Å²) in [5.41, 5.74) is 2.02. The van der Waals surface area contributed by atoms with Crippen LogP contribution in [0.1, 0.15) is 57.1 Å². The average Bonchev–Trinajstić information content (AvgIpc) is 2.48. The van der Waals surface area contributed by atoms with Crippen LogP contribution in [0.4, 0.5) is 0 Å². The van der Waals surface area contributed by atoms with Crippen molar-refractivity contribution in [1.29, 1.82) is 0 Å². The van der Waals surface area contributed by atoms with E-state index < -0.39 is 0 Å². The number of benzene rings is 1. The second-order valence-electron chi connectivity index (χ2n) is 7.52. The summed E-state index contributed by atoms with van der Waals surface area (Å²) < 4.78 is 0. The summed E-state index contributed by atoms with van der Waals surface area (Å²) in [4.78, 5) is 12.2. The molecule has 1 aromatic carbocycles. The molecule has 1 saturated carbocycles. The number of amides is 1. The van der Waals surface area contributed by atoms with Crippen molar-refractivity contribution in [1.82, 2.24) is 5.32 Å². The number of hydrogen-bond acceptors (Lipinski definition) is 2. The highest BCUT2D eigenvalue weighted by Gasteiger charge is 2.25. The summed E-state index contributed by atoms with van der Waals surface area (Å²) >= 11 is 6.21. The van der Waals surface area contributed by atoms with Crippen LogP contribution in [-0.4, -0.2) is 23.7 Å². The Hall–Kier alpha value is -1.06. The molecule has 2 unspecified atom stereocenters. The van der Waals surface area contributed by atoms with E-state index in [-0.39, 0.29) is 17.4 Å². The van der Waals surface area contributed by atoms with Crippen LogP contribution in [0.3, 0.4) is 0 Å². The molecule has 4 heteroatoms. The highest BCUT2D eigenvalue weighted by atomic mass is 35.5. The van der Waals surface area contributed by atoms with E-state index in [1.807, 2.05) is 19.1 Å². The Kier molecular flexibility index (Phi) is 6.10. The van der Waals surface area contributed by atoms with E-state index >= 15 is 0 Å². The summed E-state index contributed by atoms with van der Waals surface area (Å²) in [5.74, 6) is 0.395. The monoisotopic (exact) mass is 337 g/mol. The fourth-order valence-electron chi connectivity index (χ4n) is 3.22. The molecule has 128 valence electrons. The highest BCUT2D eigenvalue weighted by molar-refractivity contribution is 6.31. The van der Waals surface area contributed by atoms with Gasteiger partial charge in [-0.15, -0.1) is 0 Å². The zero-order chi connectivity index (χ0) is 17.0. The molecule has 1 aliphatic rings. The fourth-order valence-corrected chi connectivity index (χ4v) is 3.40. The van der Waals surface area contributed by atoms with Crippen molar-refractivity contribution in [2.24, 2.45) is 5.92 Å². The quantitative estimate of drug-likeness (QED) is 0.853. The average molecular weight is 338 g/mol. The number of carbonyl (C=O) groups excluding carboxylic acids is 1. The number of rotatable bonds is 5. The van der Waals surface area contributed by atoms with Gasteiger partial charge in [0.2, 0.25) is 5.91 Å². The Labute approximate surface area is 144 Å². The Morgan fingerprint density at radius 2 is 2.13 bits per heavy atom. The molecule has 1 amide bonds. The Morgan fingerprint density at radius 1 is 1.39 bits per heavy atom. The Morgan fingerprint density at radius 3 is 2.78 bits per heavy atom. The van der Waals surface area contributed by atoms with Gasteiger partial charge in [-0.2, -0.15) is 0 Å². The molecule has 3 nitrogen and oxygen atoms in total. The molecule has 1 aromatic rings. The van der Waals surface area contributed by atoms with Crippen molar-refractivity contribution in [3.63, 3.8) is 0 Å². The fraction of sp³-hybridized carbons (Fsp3) is 0.632. The van der Waals surface area contributed by atoms with Gasteiger partial charge in [-0.05, 0) is 49.3 Å². The molecule has 2 rings (SSSR count). The number of aliphatic hydroxyl groups excluding tert-OH is 1. The van der Waals surface area contributed by atoms with Gasteiger partial charge in [0.05, 0.1) is 6.10 Å². The smallest absolute Gasteiger partial charge is 0.220 e. The van der Waals surface area contributed by atoms with Gasteiger partial charge in [-0.1, -0.05) is 44.0 Å². The van der Waals surface area contributed by atoms with Crippen molar-refractivity contribution in [2.45, 2.75) is 64.4 Å². The zero-order valence-corrected chi connectivity index (χ0v) is 15.1. The van der Waals surface area contributed by atoms with Crippen LogP contribution in [0.15, 0.2) is 18.2 Å². The molecule has 0 saturated heterocycles. The summed E-state index contributed by atoms with van der Waals surface area (Å²) in [6.07, 6.45) is 3.98. The number of aliphatic hydroxyl groups is 1. The van der Waals surface area contributed by atoms with E-state index in [0.29, 0.717) is 18.9 Å². The maximum absolute atomic E-state index is 12.2. The zero-order valence-electron chi connectivity index (χ0n) is 14.4. The van der Waals surface area contributed by atoms with Gasteiger partial charge in [0.25, 0.3) is 0 Å². The molecule has 1 aliphatic carbocycles. The van der Waals surface area contributed by atoms with Crippen molar-refractivity contribution in [3.8, 4) is 0 Å². The van der Waals surface area contributed by atoms with E-state index in [1.165, 1.54) is 0 Å². The Bertz CT molecular complexity index is 556. The molecule has 0 aliphatic heterocycles. The first-order valence-electron chi connectivity index (χ1n) is 8.49. The van der Waals surface area contributed by atoms with Gasteiger partial charge >= 0.3 is 0 Å². The first kappa shape index (κ1) is 18.3. The predicted molar refractivity (Wildman–Crippen MR) is 94.8 cm³/mol. The largest absolute Gasteiger partial charge is 0.393 e. The van der Waals surface area contributed by atoms with E-state index in [4.69, 9.17) is 11.6 Å². The third kappa shape index (κ3) is 5.22. The lowest BCUT2D eigenvalue weighted by atomic mass is 9.83. The van der Waals surface area contributed by atoms with E-state index in [9.17, 15) is 9.90 Å². The minimum Gasteiger partial charge on any atom is -0.393 e. The van der Waals surface area contributed by atoms with E-state index in [0.717, 1.165) is 41.8 Å². The summed E-state index contributed by atoms with van der Waals surface area (Å²) in [5, 5.41) is 13.5. The summed E-state index contributed by atoms with van der Waals surface area (Å²) in [6.45, 7) is 6.79. The molecule has 1 fully saturated rings. The predicted octanol–water partition coefficient (Wildman–Crippen LogP) is 3.98. The molecule has 2 atom stereocenters. The van der Waals surface area contributed by atoms with Crippen LogP contribution in [-0.2, 0) is 10.2 Å². The first-order valence-corrected chi connectivity index (χ1v) is 8.87. The molecule has 2 N–H and O–H groups in total. The molecular formula is C19H28ClNO2. The normalized spacial score (nSPS) is 22.0. The van der Waals surface area contributed by atoms with Crippen LogP contribution in [0, 0.1) is 12.8 Å². The molecule has 0 bridgehead atoms. The maximum atomic E-state index is 12.2. The van der Waals surface area contributed by atoms with Crippen LogP contribution in [0.25, 0.3) is 0 Å². The SMILES string of the molecule is Cc1ccc(C(C)(C)CNC(=O)CC2CCCC(O)C2)cc1Cl. The van der Waals surface area contributed by atoms with Gasteiger partial charge < -0.3 is 10.4 Å². The number of carbonyl (C=O) groups is 1. The van der Waals surface area contributed by atoms with E-state index in [2.05, 4.69) is 25.2 Å². The molecule has 23 heavy (non-hydrogen) atoms. The van der Waals surface area contributed by atoms with Crippen LogP contribution >= 0.6 is 11.6 Å². The minimum atomic E-state index is -0.229. The van der Waals surface area contributed by atoms with Crippen molar-refractivity contribution in [3.05, 3.63) is 34.3 Å². The van der Waals surface area contributed by atoms with Gasteiger partial charge in [-0.25, -0.2) is 0 Å². The van der Waals surface area contributed by atoms with Gasteiger partial charge in [0, 0.05) is 23.4 Å². The van der Waals surface area contributed by atoms with Gasteiger partial charge in [0.1, 0.15) is 0 Å². The lowest BCUT2D eigenvalue weighted by Gasteiger charge is -2.28. The summed E-state index contributed by atoms with van der Waals surface area (Å²) in [6, 6.07) is 6.08. The second-order valence-corrected chi connectivity index (χ2v) is 7.92. The first-order chi connectivity index (χ1) is 10.8. The maximum Gasteiger partial charge on any atom is 0.220 e. The molecule has 0 aromatic heterocycles. The second kappa shape index (κ2) is 7.67. The van der Waals surface area contributed by atoms with Crippen molar-refractivity contribution < 1.29 is 9.90 Å². The van der Waals surface area contributed by atoms with Gasteiger partial charge in [0.15, 0.2) is 0 Å². The van der Waals surface area contributed by atoms with Crippen molar-refractivity contribution >= 4 is 17.5 Å². The molecule has 0 radical (unpaired) electrons. The molecular weight excluding hydrogens is 310 g/mol. The molecule has 0 spiro atoms. The number of aryl methyl sites for hydroxylation is 1. The van der Waals surface area contributed by atoms with Gasteiger partial charge in [-0.3, -0.25) is 4.79 Å². The topological polar surface area (TPSA) is 49.3 Å². The number of hydrogen-bond donors (Lipinski definition) is 2.